The molecule has 2 amide bonds. The quantitative estimate of drug-likeness (QED) is 0.559. The molecule has 2 N–H and O–H groups in total. The van der Waals surface area contributed by atoms with Gasteiger partial charge >= 0.3 is 5.97 Å². The van der Waals surface area contributed by atoms with Crippen molar-refractivity contribution in [2.75, 3.05) is 44.5 Å². The number of carbonyl (C=O) groups excluding carboxylic acids is 3. The monoisotopic (exact) mass is 459 g/mol. The molecule has 1 aromatic heterocycles. The van der Waals surface area contributed by atoms with E-state index in [1.54, 1.807) is 36.3 Å². The first-order valence-electron chi connectivity index (χ1n) is 10.6. The fourth-order valence-corrected chi connectivity index (χ4v) is 4.99. The molecule has 0 aliphatic heterocycles. The minimum absolute atomic E-state index is 0.0374. The van der Waals surface area contributed by atoms with Crippen LogP contribution in [0.4, 0.5) is 10.7 Å². The summed E-state index contributed by atoms with van der Waals surface area (Å²) in [5.41, 5.74) is 2.12. The molecule has 8 nitrogen and oxygen atoms in total. The van der Waals surface area contributed by atoms with E-state index in [9.17, 15) is 14.4 Å². The summed E-state index contributed by atoms with van der Waals surface area (Å²) in [7, 11) is 2.93. The lowest BCUT2D eigenvalue weighted by atomic mass is 9.95. The molecule has 32 heavy (non-hydrogen) atoms. The van der Waals surface area contributed by atoms with Crippen molar-refractivity contribution in [3.8, 4) is 5.75 Å². The molecule has 1 aliphatic carbocycles. The number of carbonyl (C=O) groups is 3. The number of hydrogen-bond donors (Lipinski definition) is 2. The van der Waals surface area contributed by atoms with Gasteiger partial charge in [-0.1, -0.05) is 6.92 Å². The predicted molar refractivity (Wildman–Crippen MR) is 125 cm³/mol. The maximum atomic E-state index is 12.7. The van der Waals surface area contributed by atoms with Crippen LogP contribution >= 0.6 is 11.3 Å². The van der Waals surface area contributed by atoms with Gasteiger partial charge in [0.1, 0.15) is 10.8 Å². The molecule has 0 saturated carbocycles. The van der Waals surface area contributed by atoms with Crippen LogP contribution in [0.2, 0.25) is 0 Å². The highest BCUT2D eigenvalue weighted by Crippen LogP contribution is 2.38. The Bertz CT molecular complexity index is 971. The van der Waals surface area contributed by atoms with Crippen molar-refractivity contribution in [2.45, 2.75) is 32.6 Å². The summed E-state index contributed by atoms with van der Waals surface area (Å²) in [5.74, 6) is -0.207. The van der Waals surface area contributed by atoms with Crippen LogP contribution in [-0.4, -0.2) is 56.5 Å². The number of aryl methyl sites for hydroxylation is 1. The van der Waals surface area contributed by atoms with E-state index in [4.69, 9.17) is 9.47 Å². The van der Waals surface area contributed by atoms with Gasteiger partial charge in [-0.15, -0.1) is 11.3 Å². The molecular formula is C23H29N3O5S. The maximum absolute atomic E-state index is 12.7. The molecule has 2 aromatic rings. The molecule has 0 bridgehead atoms. The van der Waals surface area contributed by atoms with Gasteiger partial charge in [0.25, 0.3) is 0 Å². The Morgan fingerprint density at radius 1 is 1.00 bits per heavy atom. The highest BCUT2D eigenvalue weighted by atomic mass is 32.1. The van der Waals surface area contributed by atoms with Gasteiger partial charge in [-0.05, 0) is 62.1 Å². The van der Waals surface area contributed by atoms with Gasteiger partial charge in [0.15, 0.2) is 0 Å². The van der Waals surface area contributed by atoms with Gasteiger partial charge in [-0.25, -0.2) is 4.79 Å². The van der Waals surface area contributed by atoms with Crippen LogP contribution in [0.3, 0.4) is 0 Å². The van der Waals surface area contributed by atoms with Gasteiger partial charge in [-0.2, -0.15) is 0 Å². The van der Waals surface area contributed by atoms with Crippen molar-refractivity contribution in [2.24, 2.45) is 0 Å². The summed E-state index contributed by atoms with van der Waals surface area (Å²) in [6.45, 7) is 2.52. The normalized spacial score (nSPS) is 12.8. The zero-order valence-corrected chi connectivity index (χ0v) is 19.5. The minimum atomic E-state index is -0.425. The first-order chi connectivity index (χ1) is 15.4. The average molecular weight is 460 g/mol. The summed E-state index contributed by atoms with van der Waals surface area (Å²) in [4.78, 5) is 40.4. The van der Waals surface area contributed by atoms with Gasteiger partial charge in [0.05, 0.1) is 32.9 Å². The zero-order valence-electron chi connectivity index (χ0n) is 18.7. The Kier molecular flexibility index (Phi) is 8.24. The third-order valence-corrected chi connectivity index (χ3v) is 6.58. The molecule has 1 aliphatic rings. The number of anilines is 2. The summed E-state index contributed by atoms with van der Waals surface area (Å²) < 4.78 is 10.1. The standard InChI is InChI=1S/C23H29N3O5S/c1-4-26(13-19(27)24-15-9-11-16(30-2)12-10-15)14-20(28)25-22-21(23(29)31-3)17-7-5-6-8-18(17)32-22/h9-12H,4-8,13-14H2,1-3H3,(H,24,27)(H,25,28). The van der Waals surface area contributed by atoms with E-state index >= 15 is 0 Å². The van der Waals surface area contributed by atoms with Gasteiger partial charge < -0.3 is 20.1 Å². The van der Waals surface area contributed by atoms with Gasteiger partial charge in [0.2, 0.25) is 11.8 Å². The van der Waals surface area contributed by atoms with E-state index in [-0.39, 0.29) is 24.9 Å². The molecule has 0 radical (unpaired) electrons. The topological polar surface area (TPSA) is 97.0 Å². The van der Waals surface area contributed by atoms with Crippen LogP contribution < -0.4 is 15.4 Å². The predicted octanol–water partition coefficient (Wildman–Crippen LogP) is 3.32. The Morgan fingerprint density at radius 3 is 2.28 bits per heavy atom. The number of nitrogens with zero attached hydrogens (tertiary/aromatic N) is 1. The fraction of sp³-hybridized carbons (Fsp3) is 0.435. The number of benzene rings is 1. The van der Waals surface area contributed by atoms with Crippen molar-refractivity contribution in [1.29, 1.82) is 0 Å². The van der Waals surface area contributed by atoms with E-state index in [0.29, 0.717) is 28.5 Å². The maximum Gasteiger partial charge on any atom is 0.341 e. The van der Waals surface area contributed by atoms with Crippen LogP contribution in [0.1, 0.15) is 40.6 Å². The van der Waals surface area contributed by atoms with Crippen LogP contribution in [0.15, 0.2) is 24.3 Å². The molecule has 0 fully saturated rings. The highest BCUT2D eigenvalue weighted by Gasteiger charge is 2.27. The smallest absolute Gasteiger partial charge is 0.341 e. The first-order valence-corrected chi connectivity index (χ1v) is 11.5. The Balaban J connectivity index is 1.61. The lowest BCUT2D eigenvalue weighted by molar-refractivity contribution is -0.119. The number of likely N-dealkylation sites (N-methyl/N-ethyl adjacent to an activating group) is 1. The molecule has 9 heteroatoms. The fourth-order valence-electron chi connectivity index (χ4n) is 3.70. The van der Waals surface area contributed by atoms with Gasteiger partial charge in [0, 0.05) is 10.6 Å². The van der Waals surface area contributed by atoms with Crippen LogP contribution in [-0.2, 0) is 27.2 Å². The molecule has 0 saturated heterocycles. The summed E-state index contributed by atoms with van der Waals surface area (Å²) in [6, 6.07) is 7.04. The lowest BCUT2D eigenvalue weighted by Gasteiger charge is -2.19. The number of esters is 1. The SMILES string of the molecule is CCN(CC(=O)Nc1ccc(OC)cc1)CC(=O)Nc1sc2c(c1C(=O)OC)CCCC2. The number of fused-ring (bicyclic) bond motifs is 1. The largest absolute Gasteiger partial charge is 0.497 e. The Morgan fingerprint density at radius 2 is 1.66 bits per heavy atom. The molecule has 0 spiro atoms. The number of thiophene rings is 1. The average Bonchev–Trinajstić information content (AvgIpc) is 3.16. The second kappa shape index (κ2) is 11.1. The highest BCUT2D eigenvalue weighted by molar-refractivity contribution is 7.17. The number of methoxy groups -OCH3 is 2. The lowest BCUT2D eigenvalue weighted by Crippen LogP contribution is -2.38. The second-order valence-electron chi connectivity index (χ2n) is 7.53. The molecule has 0 unspecified atom stereocenters. The van der Waals surface area contributed by atoms with Crippen molar-refractivity contribution in [3.63, 3.8) is 0 Å². The van der Waals surface area contributed by atoms with Crippen LogP contribution in [0.25, 0.3) is 0 Å². The molecule has 172 valence electrons. The van der Waals surface area contributed by atoms with Crippen LogP contribution in [0.5, 0.6) is 5.75 Å². The van der Waals surface area contributed by atoms with Crippen LogP contribution in [0, 0.1) is 0 Å². The molecule has 1 heterocycles. The number of nitrogens with one attached hydrogen (secondary N) is 2. The Hall–Kier alpha value is -2.91. The van der Waals surface area contributed by atoms with E-state index in [2.05, 4.69) is 10.6 Å². The molecular weight excluding hydrogens is 430 g/mol. The minimum Gasteiger partial charge on any atom is -0.497 e. The zero-order chi connectivity index (χ0) is 23.1. The molecule has 3 rings (SSSR count). The number of rotatable bonds is 9. The van der Waals surface area contributed by atoms with E-state index < -0.39 is 5.97 Å². The van der Waals surface area contributed by atoms with Crippen molar-refractivity contribution >= 4 is 39.8 Å². The Labute approximate surface area is 191 Å². The third kappa shape index (κ3) is 5.86. The van der Waals surface area contributed by atoms with E-state index in [0.717, 1.165) is 36.1 Å². The van der Waals surface area contributed by atoms with Crippen molar-refractivity contribution in [3.05, 3.63) is 40.3 Å². The first kappa shape index (κ1) is 23.7. The number of amides is 2. The third-order valence-electron chi connectivity index (χ3n) is 5.37. The van der Waals surface area contributed by atoms with Crippen molar-refractivity contribution < 1.29 is 23.9 Å². The molecule has 0 atom stereocenters. The summed E-state index contributed by atoms with van der Waals surface area (Å²) >= 11 is 1.45. The van der Waals surface area contributed by atoms with Gasteiger partial charge in [-0.3, -0.25) is 14.5 Å². The van der Waals surface area contributed by atoms with E-state index in [1.807, 2.05) is 6.92 Å². The number of hydrogen-bond acceptors (Lipinski definition) is 7. The molecule has 1 aromatic carbocycles. The second-order valence-corrected chi connectivity index (χ2v) is 8.64. The summed E-state index contributed by atoms with van der Waals surface area (Å²) in [5, 5.41) is 6.23. The summed E-state index contributed by atoms with van der Waals surface area (Å²) in [6.07, 6.45) is 3.83. The van der Waals surface area contributed by atoms with Crippen molar-refractivity contribution in [1.82, 2.24) is 4.90 Å². The number of ether oxygens (including phenoxy) is 2. The van der Waals surface area contributed by atoms with E-state index in [1.165, 1.54) is 18.4 Å².